The Bertz CT molecular complexity index is 856. The van der Waals surface area contributed by atoms with E-state index < -0.39 is 0 Å². The zero-order valence-corrected chi connectivity index (χ0v) is 17.5. The Balaban J connectivity index is 0.00000240. The highest BCUT2D eigenvalue weighted by molar-refractivity contribution is 6.00. The summed E-state index contributed by atoms with van der Waals surface area (Å²) in [5, 5.41) is 0. The van der Waals surface area contributed by atoms with Gasteiger partial charge in [0.15, 0.2) is 0 Å². The molecule has 2 aliphatic heterocycles. The van der Waals surface area contributed by atoms with E-state index in [9.17, 15) is 9.59 Å². The van der Waals surface area contributed by atoms with Crippen molar-refractivity contribution < 1.29 is 9.59 Å². The van der Waals surface area contributed by atoms with E-state index >= 15 is 0 Å². The first kappa shape index (κ1) is 21.3. The van der Waals surface area contributed by atoms with Gasteiger partial charge in [0.25, 0.3) is 0 Å². The van der Waals surface area contributed by atoms with Gasteiger partial charge >= 0.3 is 0 Å². The number of anilines is 1. The van der Waals surface area contributed by atoms with E-state index in [1.54, 1.807) is 4.90 Å². The zero-order chi connectivity index (χ0) is 19.7. The molecular formula is C23H28ClN3O2. The Kier molecular flexibility index (Phi) is 6.60. The molecule has 0 aromatic heterocycles. The maximum Gasteiger partial charge on any atom is 0.228 e. The highest BCUT2D eigenvalue weighted by atomic mass is 35.5. The third-order valence-corrected chi connectivity index (χ3v) is 6.10. The van der Waals surface area contributed by atoms with Crippen LogP contribution in [0.2, 0.25) is 0 Å². The summed E-state index contributed by atoms with van der Waals surface area (Å²) < 4.78 is 0. The molecule has 154 valence electrons. The van der Waals surface area contributed by atoms with Crippen molar-refractivity contribution >= 4 is 29.9 Å². The second-order valence-electron chi connectivity index (χ2n) is 8.00. The molecule has 2 aromatic rings. The predicted molar refractivity (Wildman–Crippen MR) is 117 cm³/mol. The molecule has 5 nitrogen and oxygen atoms in total. The normalized spacial score (nSPS) is 23.9. The van der Waals surface area contributed by atoms with E-state index in [2.05, 4.69) is 12.1 Å². The van der Waals surface area contributed by atoms with E-state index in [4.69, 9.17) is 5.73 Å². The van der Waals surface area contributed by atoms with Gasteiger partial charge in [-0.15, -0.1) is 12.4 Å². The molecule has 2 fully saturated rings. The average Bonchev–Trinajstić information content (AvgIpc) is 3.32. The van der Waals surface area contributed by atoms with Gasteiger partial charge in [0, 0.05) is 37.7 Å². The summed E-state index contributed by atoms with van der Waals surface area (Å²) >= 11 is 0. The van der Waals surface area contributed by atoms with Gasteiger partial charge in [0.2, 0.25) is 11.8 Å². The van der Waals surface area contributed by atoms with Crippen LogP contribution in [0.15, 0.2) is 54.6 Å². The summed E-state index contributed by atoms with van der Waals surface area (Å²) in [7, 11) is 0. The van der Waals surface area contributed by atoms with Crippen LogP contribution < -0.4 is 10.6 Å². The zero-order valence-electron chi connectivity index (χ0n) is 16.7. The molecule has 29 heavy (non-hydrogen) atoms. The number of aryl methyl sites for hydroxylation is 1. The summed E-state index contributed by atoms with van der Waals surface area (Å²) in [5.41, 5.74) is 9.27. The van der Waals surface area contributed by atoms with Crippen LogP contribution in [0.3, 0.4) is 0 Å². The molecule has 1 unspecified atom stereocenters. The molecule has 6 heteroatoms. The SMILES string of the molecule is Cc1ccc(N2CC(C(=O)N3C[C@@H](CN)[C@H](c4ccccc4)C3)CC2=O)cc1.Cl. The minimum atomic E-state index is -0.276. The minimum Gasteiger partial charge on any atom is -0.341 e. The van der Waals surface area contributed by atoms with Crippen LogP contribution in [0.5, 0.6) is 0 Å². The second kappa shape index (κ2) is 8.97. The monoisotopic (exact) mass is 413 g/mol. The fourth-order valence-electron chi connectivity index (χ4n) is 4.47. The third-order valence-electron chi connectivity index (χ3n) is 6.10. The first-order valence-electron chi connectivity index (χ1n) is 9.97. The molecule has 3 atom stereocenters. The summed E-state index contributed by atoms with van der Waals surface area (Å²) in [6, 6.07) is 18.2. The molecule has 2 aromatic carbocycles. The number of halogens is 1. The van der Waals surface area contributed by atoms with Gasteiger partial charge in [-0.05, 0) is 37.1 Å². The van der Waals surface area contributed by atoms with Gasteiger partial charge in [-0.1, -0.05) is 48.0 Å². The van der Waals surface area contributed by atoms with Crippen LogP contribution >= 0.6 is 12.4 Å². The largest absolute Gasteiger partial charge is 0.341 e. The maximum absolute atomic E-state index is 13.2. The molecule has 0 saturated carbocycles. The van der Waals surface area contributed by atoms with Crippen LogP contribution in [0.1, 0.15) is 23.5 Å². The first-order valence-corrected chi connectivity index (χ1v) is 9.97. The molecule has 2 amide bonds. The second-order valence-corrected chi connectivity index (χ2v) is 8.00. The Hall–Kier alpha value is -2.37. The third kappa shape index (κ3) is 4.31. The van der Waals surface area contributed by atoms with E-state index in [0.29, 0.717) is 26.2 Å². The predicted octanol–water partition coefficient (Wildman–Crippen LogP) is 2.97. The summed E-state index contributed by atoms with van der Waals surface area (Å²) in [6.45, 7) is 4.39. The van der Waals surface area contributed by atoms with Crippen molar-refractivity contribution in [1.82, 2.24) is 4.90 Å². The van der Waals surface area contributed by atoms with Gasteiger partial charge in [-0.2, -0.15) is 0 Å². The standard InChI is InChI=1S/C23H27N3O2.ClH/c1-16-7-9-20(10-8-16)26-14-18(11-22(26)27)23(28)25-13-19(12-24)21(15-25)17-5-3-2-4-6-17;/h2-10,18-19,21H,11-15,24H2,1H3;1H/t18?,19-,21+;/m1./s1. The fraction of sp³-hybridized carbons (Fsp3) is 0.391. The number of amides is 2. The van der Waals surface area contributed by atoms with Crippen LogP contribution in [-0.4, -0.2) is 42.9 Å². The molecule has 2 saturated heterocycles. The van der Waals surface area contributed by atoms with Crippen LogP contribution in [0, 0.1) is 18.8 Å². The minimum absolute atomic E-state index is 0. The van der Waals surface area contributed by atoms with Crippen molar-refractivity contribution in [3.63, 3.8) is 0 Å². The number of hydrogen-bond acceptors (Lipinski definition) is 3. The summed E-state index contributed by atoms with van der Waals surface area (Å²) in [5.74, 6) is 0.357. The highest BCUT2D eigenvalue weighted by Crippen LogP contribution is 2.34. The quantitative estimate of drug-likeness (QED) is 0.837. The Morgan fingerprint density at radius 1 is 1.03 bits per heavy atom. The number of nitrogens with zero attached hydrogens (tertiary/aromatic N) is 2. The van der Waals surface area contributed by atoms with Crippen molar-refractivity contribution in [2.45, 2.75) is 19.3 Å². The van der Waals surface area contributed by atoms with E-state index in [-0.39, 0.29) is 48.4 Å². The van der Waals surface area contributed by atoms with Crippen LogP contribution in [0.4, 0.5) is 5.69 Å². The van der Waals surface area contributed by atoms with Gasteiger partial charge < -0.3 is 15.5 Å². The van der Waals surface area contributed by atoms with Crippen molar-refractivity contribution in [2.24, 2.45) is 17.6 Å². The summed E-state index contributed by atoms with van der Waals surface area (Å²) in [4.78, 5) is 29.4. The molecule has 0 bridgehead atoms. The molecule has 2 N–H and O–H groups in total. The number of nitrogens with two attached hydrogens (primary N) is 1. The van der Waals surface area contributed by atoms with Crippen molar-refractivity contribution in [1.29, 1.82) is 0 Å². The number of likely N-dealkylation sites (tertiary alicyclic amines) is 1. The lowest BCUT2D eigenvalue weighted by molar-refractivity contribution is -0.134. The van der Waals surface area contributed by atoms with E-state index in [0.717, 1.165) is 11.3 Å². The molecular weight excluding hydrogens is 386 g/mol. The number of benzene rings is 2. The molecule has 4 rings (SSSR count). The van der Waals surface area contributed by atoms with Crippen molar-refractivity contribution in [3.05, 3.63) is 65.7 Å². The van der Waals surface area contributed by atoms with Crippen LogP contribution in [0.25, 0.3) is 0 Å². The lowest BCUT2D eigenvalue weighted by atomic mass is 9.89. The smallest absolute Gasteiger partial charge is 0.228 e. The van der Waals surface area contributed by atoms with Gasteiger partial charge in [-0.3, -0.25) is 9.59 Å². The molecule has 2 heterocycles. The molecule has 0 radical (unpaired) electrons. The number of carbonyl (C=O) groups excluding carboxylic acids is 2. The first-order chi connectivity index (χ1) is 13.6. The van der Waals surface area contributed by atoms with Crippen molar-refractivity contribution in [3.8, 4) is 0 Å². The summed E-state index contributed by atoms with van der Waals surface area (Å²) in [6.07, 6.45) is 0.284. The topological polar surface area (TPSA) is 66.6 Å². The van der Waals surface area contributed by atoms with Gasteiger partial charge in [-0.25, -0.2) is 0 Å². The van der Waals surface area contributed by atoms with Crippen LogP contribution in [-0.2, 0) is 9.59 Å². The lowest BCUT2D eigenvalue weighted by Gasteiger charge is -2.21. The Morgan fingerprint density at radius 2 is 1.72 bits per heavy atom. The maximum atomic E-state index is 13.2. The Labute approximate surface area is 178 Å². The fourth-order valence-corrected chi connectivity index (χ4v) is 4.47. The van der Waals surface area contributed by atoms with Gasteiger partial charge in [0.1, 0.15) is 0 Å². The average molecular weight is 414 g/mol. The highest BCUT2D eigenvalue weighted by Gasteiger charge is 2.41. The molecule has 2 aliphatic rings. The Morgan fingerprint density at radius 3 is 2.38 bits per heavy atom. The number of carbonyl (C=O) groups is 2. The number of rotatable bonds is 4. The lowest BCUT2D eigenvalue weighted by Crippen LogP contribution is -2.36. The molecule has 0 spiro atoms. The van der Waals surface area contributed by atoms with Gasteiger partial charge in [0.05, 0.1) is 5.92 Å². The van der Waals surface area contributed by atoms with E-state index in [1.165, 1.54) is 5.56 Å². The van der Waals surface area contributed by atoms with Crippen molar-refractivity contribution in [2.75, 3.05) is 31.1 Å². The number of hydrogen-bond donors (Lipinski definition) is 1. The van der Waals surface area contributed by atoms with E-state index in [1.807, 2.05) is 54.3 Å². The molecule has 0 aliphatic carbocycles.